The maximum Gasteiger partial charge on any atom is 0.170 e. The van der Waals surface area contributed by atoms with Crippen molar-refractivity contribution in [3.8, 4) is 11.5 Å². The van der Waals surface area contributed by atoms with Gasteiger partial charge in [-0.3, -0.25) is 4.98 Å². The van der Waals surface area contributed by atoms with Gasteiger partial charge in [-0.2, -0.15) is 0 Å². The second kappa shape index (κ2) is 6.16. The van der Waals surface area contributed by atoms with E-state index in [0.717, 1.165) is 41.0 Å². The number of methoxy groups -OCH3 is 1. The van der Waals surface area contributed by atoms with Gasteiger partial charge in [-0.1, -0.05) is 24.3 Å². The molecule has 1 fully saturated rings. The van der Waals surface area contributed by atoms with Crippen LogP contribution in [-0.4, -0.2) is 17.7 Å². The molecule has 2 aliphatic rings. The number of hydrogen-bond donors (Lipinski definition) is 0. The van der Waals surface area contributed by atoms with Crippen LogP contribution in [0.1, 0.15) is 42.4 Å². The topological polar surface area (TPSA) is 31.4 Å². The van der Waals surface area contributed by atoms with Gasteiger partial charge in [-0.15, -0.1) is 0 Å². The molecule has 1 spiro atoms. The quantitative estimate of drug-likeness (QED) is 0.799. The lowest BCUT2D eigenvalue weighted by Crippen LogP contribution is -2.32. The first kappa shape index (κ1) is 15.0. The minimum Gasteiger partial charge on any atom is -0.493 e. The highest BCUT2D eigenvalue weighted by Gasteiger charge is 2.37. The third-order valence-corrected chi connectivity index (χ3v) is 4.88. The van der Waals surface area contributed by atoms with E-state index in [9.17, 15) is 0 Å². The van der Waals surface area contributed by atoms with Crippen molar-refractivity contribution in [3.63, 3.8) is 0 Å². The van der Waals surface area contributed by atoms with E-state index < -0.39 is 0 Å². The van der Waals surface area contributed by atoms with Gasteiger partial charge in [-0.05, 0) is 61.1 Å². The average Bonchev–Trinajstić information content (AvgIpc) is 3.08. The molecule has 0 radical (unpaired) electrons. The summed E-state index contributed by atoms with van der Waals surface area (Å²) in [6.45, 7) is 0. The van der Waals surface area contributed by atoms with E-state index in [4.69, 9.17) is 9.47 Å². The number of benzene rings is 1. The van der Waals surface area contributed by atoms with Crippen molar-refractivity contribution in [2.24, 2.45) is 0 Å². The largest absolute Gasteiger partial charge is 0.493 e. The Morgan fingerprint density at radius 3 is 2.62 bits per heavy atom. The summed E-state index contributed by atoms with van der Waals surface area (Å²) in [5.74, 6) is 1.68. The normalized spacial score (nSPS) is 17.9. The molecule has 2 heterocycles. The Bertz CT molecular complexity index is 787. The Balaban J connectivity index is 1.72. The molecule has 122 valence electrons. The minimum absolute atomic E-state index is 0.131. The summed E-state index contributed by atoms with van der Waals surface area (Å²) in [6, 6.07) is 8.06. The van der Waals surface area contributed by atoms with Crippen LogP contribution in [0.2, 0.25) is 0 Å². The second-order valence-electron chi connectivity index (χ2n) is 6.42. The van der Waals surface area contributed by atoms with Crippen LogP contribution >= 0.6 is 0 Å². The van der Waals surface area contributed by atoms with Gasteiger partial charge in [0.05, 0.1) is 7.11 Å². The molecule has 2 aromatic rings. The van der Waals surface area contributed by atoms with Crippen molar-refractivity contribution in [1.29, 1.82) is 0 Å². The van der Waals surface area contributed by atoms with Crippen LogP contribution < -0.4 is 9.47 Å². The van der Waals surface area contributed by atoms with Crippen LogP contribution in [0, 0.1) is 0 Å². The van der Waals surface area contributed by atoms with E-state index in [-0.39, 0.29) is 5.60 Å². The Morgan fingerprint density at radius 1 is 1.08 bits per heavy atom. The molecule has 0 atom stereocenters. The lowest BCUT2D eigenvalue weighted by atomic mass is 9.94. The number of aromatic nitrogens is 1. The number of pyridine rings is 1. The molecule has 1 saturated carbocycles. The molecule has 0 amide bonds. The number of nitrogens with zero attached hydrogens (tertiary/aromatic N) is 1. The number of fused-ring (bicyclic) bond motifs is 1. The Hall–Kier alpha value is -2.55. The third kappa shape index (κ3) is 2.71. The molecule has 0 N–H and O–H groups in total. The van der Waals surface area contributed by atoms with Crippen molar-refractivity contribution < 1.29 is 9.47 Å². The van der Waals surface area contributed by atoms with Gasteiger partial charge in [0, 0.05) is 18.0 Å². The lowest BCUT2D eigenvalue weighted by Gasteiger charge is -2.32. The third-order valence-electron chi connectivity index (χ3n) is 4.88. The highest BCUT2D eigenvalue weighted by Crippen LogP contribution is 2.46. The number of rotatable bonds is 3. The summed E-state index contributed by atoms with van der Waals surface area (Å²) in [5.41, 5.74) is 3.22. The molecule has 4 rings (SSSR count). The molecule has 3 heteroatoms. The second-order valence-corrected chi connectivity index (χ2v) is 6.42. The zero-order valence-electron chi connectivity index (χ0n) is 13.9. The smallest absolute Gasteiger partial charge is 0.170 e. The first-order valence-electron chi connectivity index (χ1n) is 8.47. The fourth-order valence-corrected chi connectivity index (χ4v) is 3.55. The van der Waals surface area contributed by atoms with Crippen molar-refractivity contribution in [2.45, 2.75) is 31.3 Å². The molecule has 1 aromatic heterocycles. The molecule has 1 aliphatic carbocycles. The van der Waals surface area contributed by atoms with Crippen molar-refractivity contribution in [1.82, 2.24) is 4.98 Å². The summed E-state index contributed by atoms with van der Waals surface area (Å²) in [6.07, 6.45) is 16.9. The number of hydrogen-bond acceptors (Lipinski definition) is 3. The van der Waals surface area contributed by atoms with Gasteiger partial charge in [0.15, 0.2) is 11.5 Å². The van der Waals surface area contributed by atoms with Crippen LogP contribution in [0.4, 0.5) is 0 Å². The van der Waals surface area contributed by atoms with Gasteiger partial charge in [-0.25, -0.2) is 0 Å². The van der Waals surface area contributed by atoms with Crippen LogP contribution in [0.3, 0.4) is 0 Å². The Kier molecular flexibility index (Phi) is 3.85. The van der Waals surface area contributed by atoms with Gasteiger partial charge in [0.25, 0.3) is 0 Å². The Morgan fingerprint density at radius 2 is 1.88 bits per heavy atom. The highest BCUT2D eigenvalue weighted by atomic mass is 16.5. The van der Waals surface area contributed by atoms with E-state index in [1.54, 1.807) is 19.5 Å². The van der Waals surface area contributed by atoms with Gasteiger partial charge >= 0.3 is 0 Å². The van der Waals surface area contributed by atoms with Crippen LogP contribution in [-0.2, 0) is 0 Å². The summed E-state index contributed by atoms with van der Waals surface area (Å²) >= 11 is 0. The van der Waals surface area contributed by atoms with Crippen LogP contribution in [0.25, 0.3) is 18.2 Å². The predicted molar refractivity (Wildman–Crippen MR) is 97.0 cm³/mol. The summed E-state index contributed by atoms with van der Waals surface area (Å²) in [5, 5.41) is 0. The maximum absolute atomic E-state index is 6.44. The zero-order valence-corrected chi connectivity index (χ0v) is 13.9. The van der Waals surface area contributed by atoms with E-state index >= 15 is 0 Å². The molecule has 24 heavy (non-hydrogen) atoms. The maximum atomic E-state index is 6.44. The Labute approximate surface area is 142 Å². The monoisotopic (exact) mass is 319 g/mol. The van der Waals surface area contributed by atoms with Gasteiger partial charge < -0.3 is 9.47 Å². The van der Waals surface area contributed by atoms with Gasteiger partial charge in [0.2, 0.25) is 0 Å². The first-order valence-corrected chi connectivity index (χ1v) is 8.47. The van der Waals surface area contributed by atoms with Crippen LogP contribution in [0.5, 0.6) is 11.5 Å². The van der Waals surface area contributed by atoms with Crippen molar-refractivity contribution in [3.05, 3.63) is 59.4 Å². The average molecular weight is 319 g/mol. The molecular formula is C21H21NO2. The molecule has 1 aromatic carbocycles. The van der Waals surface area contributed by atoms with Gasteiger partial charge in [0.1, 0.15) is 5.60 Å². The predicted octanol–water partition coefficient (Wildman–Crippen LogP) is 4.98. The summed E-state index contributed by atoms with van der Waals surface area (Å²) < 4.78 is 12.0. The minimum atomic E-state index is -0.131. The van der Waals surface area contributed by atoms with Crippen LogP contribution in [0.15, 0.2) is 42.7 Å². The highest BCUT2D eigenvalue weighted by molar-refractivity contribution is 5.80. The molecule has 0 saturated heterocycles. The molecule has 3 nitrogen and oxygen atoms in total. The van der Waals surface area contributed by atoms with Crippen molar-refractivity contribution >= 4 is 18.2 Å². The standard InChI is InChI=1S/C21H21NO2/c1-23-19-7-6-17(5-4-16-9-14-22-15-10-16)18-8-13-21(24-20(18)19)11-2-3-12-21/h4-10,13-15H,2-3,11-12H2,1H3/b5-4+. The summed E-state index contributed by atoms with van der Waals surface area (Å²) in [7, 11) is 1.70. The van der Waals surface area contributed by atoms with E-state index in [0.29, 0.717) is 0 Å². The fourth-order valence-electron chi connectivity index (χ4n) is 3.55. The summed E-state index contributed by atoms with van der Waals surface area (Å²) in [4.78, 5) is 4.05. The molecular weight excluding hydrogens is 298 g/mol. The zero-order chi connectivity index (χ0) is 16.4. The first-order chi connectivity index (χ1) is 11.8. The van der Waals surface area contributed by atoms with E-state index in [2.05, 4.69) is 35.4 Å². The fraction of sp³-hybridized carbons (Fsp3) is 0.286. The molecule has 0 bridgehead atoms. The van der Waals surface area contributed by atoms with Crippen molar-refractivity contribution in [2.75, 3.05) is 7.11 Å². The number of ether oxygens (including phenoxy) is 2. The van der Waals surface area contributed by atoms with E-state index in [1.807, 2.05) is 18.2 Å². The molecule has 1 aliphatic heterocycles. The molecule has 0 unspecified atom stereocenters. The lowest BCUT2D eigenvalue weighted by molar-refractivity contribution is 0.120. The SMILES string of the molecule is COc1ccc(/C=C/c2ccncc2)c2c1OC1(C=C2)CCCC1. The van der Waals surface area contributed by atoms with E-state index in [1.165, 1.54) is 12.8 Å².